The number of carbonyl (C=O) groups excluding carboxylic acids is 1. The Morgan fingerprint density at radius 2 is 2.29 bits per heavy atom. The molecule has 0 aliphatic carbocycles. The summed E-state index contributed by atoms with van der Waals surface area (Å²) in [6, 6.07) is 1.94. The molecule has 4 heterocycles. The van der Waals surface area contributed by atoms with E-state index in [1.54, 1.807) is 12.4 Å². The first-order chi connectivity index (χ1) is 10.3. The number of aromatic nitrogens is 6. The molecule has 4 N–H and O–H groups in total. The van der Waals surface area contributed by atoms with E-state index in [0.717, 1.165) is 22.1 Å². The molecular formula is C13H11N7O. The highest BCUT2D eigenvalue weighted by molar-refractivity contribution is 6.00. The van der Waals surface area contributed by atoms with Crippen LogP contribution in [-0.4, -0.2) is 36.0 Å². The van der Waals surface area contributed by atoms with Gasteiger partial charge in [-0.15, -0.1) is 0 Å². The van der Waals surface area contributed by atoms with Gasteiger partial charge in [0.2, 0.25) is 0 Å². The average Bonchev–Trinajstić information content (AvgIpc) is 3.21. The van der Waals surface area contributed by atoms with Gasteiger partial charge in [0.05, 0.1) is 30.0 Å². The topological polar surface area (TPSA) is 115 Å². The van der Waals surface area contributed by atoms with Gasteiger partial charge in [-0.3, -0.25) is 9.89 Å². The fraction of sp³-hybridized carbons (Fsp3) is 0.0769. The molecule has 21 heavy (non-hydrogen) atoms. The Kier molecular flexibility index (Phi) is 2.46. The van der Waals surface area contributed by atoms with Gasteiger partial charge in [0, 0.05) is 17.8 Å². The van der Waals surface area contributed by atoms with Crippen LogP contribution in [0, 0.1) is 0 Å². The van der Waals surface area contributed by atoms with Crippen molar-refractivity contribution in [1.82, 2.24) is 35.5 Å². The molecule has 8 nitrogen and oxygen atoms in total. The smallest absolute Gasteiger partial charge is 0.254 e. The van der Waals surface area contributed by atoms with Crippen LogP contribution < -0.4 is 5.32 Å². The van der Waals surface area contributed by atoms with E-state index >= 15 is 0 Å². The molecular weight excluding hydrogens is 270 g/mol. The summed E-state index contributed by atoms with van der Waals surface area (Å²) in [5, 5.41) is 10.1. The summed E-state index contributed by atoms with van der Waals surface area (Å²) in [6.45, 7) is 0.310. The van der Waals surface area contributed by atoms with E-state index in [-0.39, 0.29) is 5.91 Å². The molecule has 0 atom stereocenters. The Hall–Kier alpha value is -3.16. The van der Waals surface area contributed by atoms with E-state index in [0.29, 0.717) is 17.9 Å². The van der Waals surface area contributed by atoms with Crippen LogP contribution in [0.4, 0.5) is 0 Å². The Balaban J connectivity index is 1.61. The van der Waals surface area contributed by atoms with E-state index in [9.17, 15) is 4.79 Å². The quantitative estimate of drug-likeness (QED) is 0.450. The molecule has 1 amide bonds. The summed E-state index contributed by atoms with van der Waals surface area (Å²) in [4.78, 5) is 26.8. The molecule has 8 heteroatoms. The second-order valence-corrected chi connectivity index (χ2v) is 4.61. The summed E-state index contributed by atoms with van der Waals surface area (Å²) in [7, 11) is 0. The molecule has 0 saturated carbocycles. The van der Waals surface area contributed by atoms with Crippen LogP contribution >= 0.6 is 0 Å². The minimum absolute atomic E-state index is 0.200. The van der Waals surface area contributed by atoms with E-state index in [4.69, 9.17) is 0 Å². The number of pyridine rings is 1. The Labute approximate surface area is 118 Å². The number of amides is 1. The van der Waals surface area contributed by atoms with E-state index in [1.165, 1.54) is 6.20 Å². The predicted octanol–water partition coefficient (Wildman–Crippen LogP) is 1.09. The lowest BCUT2D eigenvalue weighted by Crippen LogP contribution is -2.22. The first kappa shape index (κ1) is 11.6. The van der Waals surface area contributed by atoms with Crippen LogP contribution in [0.15, 0.2) is 30.9 Å². The van der Waals surface area contributed by atoms with Crippen molar-refractivity contribution in [3.63, 3.8) is 0 Å². The lowest BCUT2D eigenvalue weighted by Gasteiger charge is -1.99. The average molecular weight is 281 g/mol. The SMILES string of the molecule is O=C(NCc1nc2cnc3[nH]ccc3c2[nH]1)c1cn[nH]c1. The molecule has 0 aliphatic heterocycles. The van der Waals surface area contributed by atoms with Crippen molar-refractivity contribution in [2.24, 2.45) is 0 Å². The third-order valence-electron chi connectivity index (χ3n) is 3.27. The predicted molar refractivity (Wildman–Crippen MR) is 75.5 cm³/mol. The van der Waals surface area contributed by atoms with Crippen molar-refractivity contribution < 1.29 is 4.79 Å². The largest absolute Gasteiger partial charge is 0.346 e. The highest BCUT2D eigenvalue weighted by Crippen LogP contribution is 2.20. The maximum absolute atomic E-state index is 11.8. The third kappa shape index (κ3) is 1.93. The molecule has 0 aliphatic rings. The molecule has 0 spiro atoms. The van der Waals surface area contributed by atoms with E-state index in [1.807, 2.05) is 12.3 Å². The van der Waals surface area contributed by atoms with Crippen molar-refractivity contribution in [3.8, 4) is 0 Å². The zero-order valence-electron chi connectivity index (χ0n) is 10.8. The molecule has 104 valence electrons. The van der Waals surface area contributed by atoms with Crippen LogP contribution in [-0.2, 0) is 6.54 Å². The highest BCUT2D eigenvalue weighted by Gasteiger charge is 2.10. The number of hydrogen-bond donors (Lipinski definition) is 4. The number of aromatic amines is 3. The molecule has 0 radical (unpaired) electrons. The van der Waals surface area contributed by atoms with Crippen molar-refractivity contribution in [2.45, 2.75) is 6.54 Å². The van der Waals surface area contributed by atoms with Crippen molar-refractivity contribution >= 4 is 28.0 Å². The van der Waals surface area contributed by atoms with Crippen LogP contribution in [0.5, 0.6) is 0 Å². The lowest BCUT2D eigenvalue weighted by molar-refractivity contribution is 0.0950. The Bertz CT molecular complexity index is 919. The maximum atomic E-state index is 11.8. The molecule has 0 bridgehead atoms. The van der Waals surface area contributed by atoms with Gasteiger partial charge in [0.25, 0.3) is 5.91 Å². The van der Waals surface area contributed by atoms with Gasteiger partial charge in [-0.2, -0.15) is 5.10 Å². The van der Waals surface area contributed by atoms with Gasteiger partial charge in [0.1, 0.15) is 17.0 Å². The molecule has 0 unspecified atom stereocenters. The summed E-state index contributed by atoms with van der Waals surface area (Å²) in [5.74, 6) is 0.478. The summed E-state index contributed by atoms with van der Waals surface area (Å²) >= 11 is 0. The number of nitrogens with zero attached hydrogens (tertiary/aromatic N) is 3. The van der Waals surface area contributed by atoms with Crippen LogP contribution in [0.1, 0.15) is 16.2 Å². The number of hydrogen-bond acceptors (Lipinski definition) is 4. The number of carbonyl (C=O) groups is 1. The Morgan fingerprint density at radius 1 is 1.33 bits per heavy atom. The lowest BCUT2D eigenvalue weighted by atomic mass is 10.3. The summed E-state index contributed by atoms with van der Waals surface area (Å²) < 4.78 is 0. The van der Waals surface area contributed by atoms with Crippen LogP contribution in [0.25, 0.3) is 22.1 Å². The molecule has 4 aromatic rings. The maximum Gasteiger partial charge on any atom is 0.254 e. The zero-order valence-corrected chi connectivity index (χ0v) is 10.8. The van der Waals surface area contributed by atoms with Gasteiger partial charge in [-0.1, -0.05) is 0 Å². The highest BCUT2D eigenvalue weighted by atomic mass is 16.1. The van der Waals surface area contributed by atoms with Crippen LogP contribution in [0.3, 0.4) is 0 Å². The van der Waals surface area contributed by atoms with Crippen LogP contribution in [0.2, 0.25) is 0 Å². The zero-order chi connectivity index (χ0) is 14.2. The minimum atomic E-state index is -0.200. The minimum Gasteiger partial charge on any atom is -0.346 e. The molecule has 0 fully saturated rings. The van der Waals surface area contributed by atoms with Gasteiger partial charge in [-0.05, 0) is 6.07 Å². The van der Waals surface area contributed by atoms with E-state index < -0.39 is 0 Å². The van der Waals surface area contributed by atoms with Crippen molar-refractivity contribution in [2.75, 3.05) is 0 Å². The monoisotopic (exact) mass is 281 g/mol. The number of fused-ring (bicyclic) bond motifs is 3. The number of imidazole rings is 1. The van der Waals surface area contributed by atoms with Gasteiger partial charge in [0.15, 0.2) is 0 Å². The molecule has 4 aromatic heterocycles. The fourth-order valence-corrected chi connectivity index (χ4v) is 2.26. The molecule has 0 saturated heterocycles. The van der Waals surface area contributed by atoms with Crippen molar-refractivity contribution in [1.29, 1.82) is 0 Å². The fourth-order valence-electron chi connectivity index (χ4n) is 2.26. The first-order valence-electron chi connectivity index (χ1n) is 6.39. The van der Waals surface area contributed by atoms with Gasteiger partial charge < -0.3 is 15.3 Å². The Morgan fingerprint density at radius 3 is 3.14 bits per heavy atom. The number of H-pyrrole nitrogens is 3. The standard InChI is InChI=1S/C13H11N7O/c21-13(7-3-17-18-4-7)16-6-10-19-9-5-15-12-8(1-2-14-12)11(9)20-10/h1-5H,6H2,(H,14,15)(H,16,21)(H,17,18)(H,19,20). The second-order valence-electron chi connectivity index (χ2n) is 4.61. The summed E-state index contributed by atoms with van der Waals surface area (Å²) in [5.41, 5.74) is 2.98. The summed E-state index contributed by atoms with van der Waals surface area (Å²) in [6.07, 6.45) is 6.55. The van der Waals surface area contributed by atoms with E-state index in [2.05, 4.69) is 35.5 Å². The first-order valence-corrected chi connectivity index (χ1v) is 6.39. The van der Waals surface area contributed by atoms with Crippen molar-refractivity contribution in [3.05, 3.63) is 42.2 Å². The normalized spacial score (nSPS) is 11.2. The van der Waals surface area contributed by atoms with Gasteiger partial charge in [-0.25, -0.2) is 9.97 Å². The molecule has 4 rings (SSSR count). The number of nitrogens with one attached hydrogen (secondary N) is 4. The second kappa shape index (κ2) is 4.44. The number of rotatable bonds is 3. The van der Waals surface area contributed by atoms with Gasteiger partial charge >= 0.3 is 0 Å². The third-order valence-corrected chi connectivity index (χ3v) is 3.27. The molecule has 0 aromatic carbocycles.